The number of nitriles is 1. The summed E-state index contributed by atoms with van der Waals surface area (Å²) in [5.74, 6) is -0.323. The minimum atomic E-state index is -4.93. The van der Waals surface area contributed by atoms with E-state index in [1.807, 2.05) is 24.3 Å². The number of fused-ring (bicyclic) bond motifs is 1. The van der Waals surface area contributed by atoms with Crippen molar-refractivity contribution < 1.29 is 23.4 Å². The molecule has 2 atom stereocenters. The van der Waals surface area contributed by atoms with E-state index in [1.54, 1.807) is 30.0 Å². The number of nitrogens with one attached hydrogen (secondary N) is 1. The van der Waals surface area contributed by atoms with Crippen LogP contribution >= 0.6 is 0 Å². The zero-order valence-electron chi connectivity index (χ0n) is 17.6. The van der Waals surface area contributed by atoms with Gasteiger partial charge in [-0.25, -0.2) is 0 Å². The molecule has 0 fully saturated rings. The van der Waals surface area contributed by atoms with Crippen LogP contribution in [0.15, 0.2) is 27.2 Å². The van der Waals surface area contributed by atoms with E-state index < -0.39 is 51.7 Å². The van der Waals surface area contributed by atoms with Crippen molar-refractivity contribution in [3.63, 3.8) is 0 Å². The van der Waals surface area contributed by atoms with Gasteiger partial charge >= 0.3 is 192 Å². The van der Waals surface area contributed by atoms with E-state index in [9.17, 15) is 28.6 Å². The van der Waals surface area contributed by atoms with Gasteiger partial charge in [-0.05, 0) is 0 Å². The first-order valence-electron chi connectivity index (χ1n) is 10.2. The fraction of sp³-hybridized carbons (Fsp3) is 0.364. The number of alkyl halides is 3. The zero-order valence-corrected chi connectivity index (χ0v) is 20.9. The molecule has 0 aromatic heterocycles. The molecule has 3 N–H and O–H groups in total. The summed E-state index contributed by atoms with van der Waals surface area (Å²) in [6.45, 7) is 4.65. The Labute approximate surface area is 191 Å². The molecule has 5 rings (SSSR count). The van der Waals surface area contributed by atoms with Crippen LogP contribution in [0.1, 0.15) is 54.1 Å². The summed E-state index contributed by atoms with van der Waals surface area (Å²) in [7, 11) is 0. The minimum absolute atomic E-state index is 0.0332. The van der Waals surface area contributed by atoms with E-state index in [-0.39, 0.29) is 22.4 Å². The molecule has 32 heavy (non-hydrogen) atoms. The molecule has 2 aliphatic heterocycles. The number of rotatable bonds is 2. The third-order valence-electron chi connectivity index (χ3n) is 6.82. The molecule has 164 valence electrons. The van der Waals surface area contributed by atoms with Crippen LogP contribution < -0.4 is 11.7 Å². The SMILES string of the molecule is Cc1cc2c(c(O)c1C#N)C(C)(C)CC(O)(C(F)(F)F)C2N[N]1c2ccc[c]3c2C=[N][In]31. The van der Waals surface area contributed by atoms with Gasteiger partial charge in [-0.15, -0.1) is 0 Å². The van der Waals surface area contributed by atoms with Crippen LogP contribution in [-0.4, -0.2) is 50.2 Å². The predicted octanol–water partition coefficient (Wildman–Crippen LogP) is 2.74. The molecule has 0 saturated heterocycles. The maximum atomic E-state index is 14.4. The molecule has 2 heterocycles. The number of benzene rings is 2. The monoisotopic (exact) mass is 544 g/mol. The molecular formula is C22H20F3InN4O2. The van der Waals surface area contributed by atoms with Crippen LogP contribution in [-0.2, 0) is 5.41 Å². The summed E-state index contributed by atoms with van der Waals surface area (Å²) in [4.78, 5) is 0. The van der Waals surface area contributed by atoms with Crippen LogP contribution in [0.4, 0.5) is 18.9 Å². The summed E-state index contributed by atoms with van der Waals surface area (Å²) in [5.41, 5.74) is 1.16. The van der Waals surface area contributed by atoms with Crippen LogP contribution in [0.2, 0.25) is 0 Å². The van der Waals surface area contributed by atoms with E-state index in [1.165, 1.54) is 6.07 Å². The number of aromatic hydroxyl groups is 1. The van der Waals surface area contributed by atoms with E-state index in [0.717, 1.165) is 14.6 Å². The number of hydrogen-bond donors (Lipinski definition) is 3. The van der Waals surface area contributed by atoms with Gasteiger partial charge in [-0.3, -0.25) is 0 Å². The Morgan fingerprint density at radius 1 is 1.34 bits per heavy atom. The maximum absolute atomic E-state index is 14.4. The second-order valence-corrected chi connectivity index (χ2v) is 15.6. The Kier molecular flexibility index (Phi) is 4.49. The number of hydrazine groups is 1. The van der Waals surface area contributed by atoms with Crippen molar-refractivity contribution in [3.05, 3.63) is 52.1 Å². The molecule has 0 amide bonds. The van der Waals surface area contributed by atoms with Crippen LogP contribution in [0, 0.1) is 18.3 Å². The quantitative estimate of drug-likeness (QED) is 0.542. The van der Waals surface area contributed by atoms with Gasteiger partial charge in [0.25, 0.3) is 0 Å². The summed E-state index contributed by atoms with van der Waals surface area (Å²) >= 11 is -2.99. The molecular weight excluding hydrogens is 524 g/mol. The number of aliphatic hydroxyl groups is 1. The molecule has 1 aliphatic carbocycles. The second-order valence-electron chi connectivity index (χ2n) is 9.34. The van der Waals surface area contributed by atoms with Crippen molar-refractivity contribution in [1.82, 2.24) is 5.43 Å². The number of phenols is 1. The fourth-order valence-electron chi connectivity index (χ4n) is 5.46. The molecule has 0 radical (unpaired) electrons. The molecule has 3 aliphatic rings. The Balaban J connectivity index is 1.71. The number of hydrogen-bond acceptors (Lipinski definition) is 6. The first-order chi connectivity index (χ1) is 14.9. The Bertz CT molecular complexity index is 1240. The van der Waals surface area contributed by atoms with Gasteiger partial charge in [0.2, 0.25) is 0 Å². The van der Waals surface area contributed by atoms with Gasteiger partial charge in [0, 0.05) is 0 Å². The number of nitrogens with zero attached hydrogens (tertiary/aromatic N) is 3. The fourth-order valence-corrected chi connectivity index (χ4v) is 12.4. The van der Waals surface area contributed by atoms with Gasteiger partial charge in [0.15, 0.2) is 0 Å². The average molecular weight is 544 g/mol. The average Bonchev–Trinajstić information content (AvgIpc) is 3.16. The Hall–Kier alpha value is -2.22. The first-order valence-corrected chi connectivity index (χ1v) is 14.8. The third-order valence-corrected chi connectivity index (χ3v) is 13.7. The van der Waals surface area contributed by atoms with Gasteiger partial charge in [-0.1, -0.05) is 0 Å². The molecule has 0 saturated carbocycles. The van der Waals surface area contributed by atoms with Gasteiger partial charge in [0.1, 0.15) is 0 Å². The Morgan fingerprint density at radius 3 is 2.69 bits per heavy atom. The molecule has 4 bridgehead atoms. The number of phenolic OH excluding ortho intramolecular Hbond substituents is 1. The summed E-state index contributed by atoms with van der Waals surface area (Å²) in [6, 6.07) is 7.50. The van der Waals surface area contributed by atoms with Crippen LogP contribution in [0.25, 0.3) is 0 Å². The van der Waals surface area contributed by atoms with Crippen molar-refractivity contribution >= 4 is 37.2 Å². The summed E-state index contributed by atoms with van der Waals surface area (Å²) in [5, 5.41) is 31.6. The third kappa shape index (κ3) is 2.71. The number of aryl methyl sites for hydroxylation is 1. The van der Waals surface area contributed by atoms with E-state index in [2.05, 4.69) is 8.41 Å². The standard InChI is InChI=1S/C22H20F3N4O2.In/c1-12-8-14-17(18(30)15(12)10-27)20(2,3)11-21(31,22(23,24)25)19(14)29-28-16-7-5-4-6-13(16)9-26;/h4-5,7-9,19,29,31H,11H2,1-3H3,(H-2,26,28,30);/q-2;+2. The van der Waals surface area contributed by atoms with Gasteiger partial charge < -0.3 is 0 Å². The van der Waals surface area contributed by atoms with E-state index in [0.29, 0.717) is 5.56 Å². The van der Waals surface area contributed by atoms with Gasteiger partial charge in [-0.2, -0.15) is 0 Å². The molecule has 2 aromatic rings. The predicted molar refractivity (Wildman–Crippen MR) is 114 cm³/mol. The van der Waals surface area contributed by atoms with Crippen molar-refractivity contribution in [3.8, 4) is 11.8 Å². The van der Waals surface area contributed by atoms with Crippen molar-refractivity contribution in [2.75, 3.05) is 3.00 Å². The van der Waals surface area contributed by atoms with Crippen LogP contribution in [0.3, 0.4) is 0 Å². The van der Waals surface area contributed by atoms with Crippen LogP contribution in [0.5, 0.6) is 5.75 Å². The second kappa shape index (κ2) is 6.65. The number of anilines is 1. The first kappa shape index (κ1) is 21.6. The molecule has 2 aromatic carbocycles. The molecule has 0 spiro atoms. The van der Waals surface area contributed by atoms with E-state index >= 15 is 0 Å². The summed E-state index contributed by atoms with van der Waals surface area (Å²) in [6.07, 6.45) is -3.82. The van der Waals surface area contributed by atoms with E-state index in [4.69, 9.17) is 0 Å². The number of halogens is 3. The van der Waals surface area contributed by atoms with Crippen molar-refractivity contribution in [1.29, 1.82) is 5.26 Å². The molecule has 2 unspecified atom stereocenters. The van der Waals surface area contributed by atoms with Crippen molar-refractivity contribution in [2.45, 2.75) is 50.4 Å². The van der Waals surface area contributed by atoms with Crippen molar-refractivity contribution in [2.24, 2.45) is 2.98 Å². The topological polar surface area (TPSA) is 91.9 Å². The molecule has 6 nitrogen and oxygen atoms in total. The van der Waals surface area contributed by atoms with Gasteiger partial charge in [0.05, 0.1) is 0 Å². The Morgan fingerprint density at radius 2 is 2.06 bits per heavy atom. The zero-order chi connectivity index (χ0) is 23.2. The summed E-state index contributed by atoms with van der Waals surface area (Å²) < 4.78 is 50.7. The normalized spacial score (nSPS) is 24.6. The molecule has 10 heteroatoms.